The normalized spacial score (nSPS) is 21.2. The molecule has 0 aliphatic carbocycles. The van der Waals surface area contributed by atoms with Crippen LogP contribution in [0.3, 0.4) is 0 Å². The van der Waals surface area contributed by atoms with E-state index in [9.17, 15) is 30.0 Å². The minimum Gasteiger partial charge on any atom is -0.462 e. The fourth-order valence-electron chi connectivity index (χ4n) is 6.16. The molecule has 0 radical (unpaired) electrons. The second kappa shape index (κ2) is 33.7. The first-order valence-corrected chi connectivity index (χ1v) is 20.9. The lowest BCUT2D eigenvalue weighted by molar-refractivity contribution is -0.305. The van der Waals surface area contributed by atoms with E-state index >= 15 is 0 Å². The van der Waals surface area contributed by atoms with Crippen molar-refractivity contribution in [3.05, 3.63) is 24.3 Å². The van der Waals surface area contributed by atoms with Crippen LogP contribution < -0.4 is 0 Å². The van der Waals surface area contributed by atoms with Gasteiger partial charge in [0.2, 0.25) is 0 Å². The zero-order valence-corrected chi connectivity index (χ0v) is 32.8. The SMILES string of the molecule is CCCC/C=C/CCCCCCCCCCCC(=O)O[C@H](COC(=O)CCCCCCC/C=C/CCCCC)CO[C@@H]1O[C@H](CO)[C@H](O)C(O)C1O. The Morgan fingerprint density at radius 1 is 0.577 bits per heavy atom. The van der Waals surface area contributed by atoms with Crippen LogP contribution in [0.2, 0.25) is 0 Å². The third-order valence-corrected chi connectivity index (χ3v) is 9.56. The molecule has 1 saturated heterocycles. The quantitative estimate of drug-likeness (QED) is 0.0289. The van der Waals surface area contributed by atoms with Crippen LogP contribution in [0.5, 0.6) is 0 Å². The summed E-state index contributed by atoms with van der Waals surface area (Å²) in [6, 6.07) is 0. The molecule has 0 saturated carbocycles. The van der Waals surface area contributed by atoms with E-state index in [4.69, 9.17) is 18.9 Å². The highest BCUT2D eigenvalue weighted by molar-refractivity contribution is 5.70. The molecule has 0 aromatic rings. The van der Waals surface area contributed by atoms with Crippen molar-refractivity contribution in [1.29, 1.82) is 0 Å². The summed E-state index contributed by atoms with van der Waals surface area (Å²) in [5.41, 5.74) is 0. The first-order valence-electron chi connectivity index (χ1n) is 20.9. The van der Waals surface area contributed by atoms with Gasteiger partial charge in [-0.3, -0.25) is 9.59 Å². The van der Waals surface area contributed by atoms with Crippen molar-refractivity contribution in [1.82, 2.24) is 0 Å². The Hall–Kier alpha value is -1.82. The lowest BCUT2D eigenvalue weighted by Crippen LogP contribution is -2.59. The number of ether oxygens (including phenoxy) is 4. The highest BCUT2D eigenvalue weighted by atomic mass is 16.7. The number of carbonyl (C=O) groups excluding carboxylic acids is 2. The predicted molar refractivity (Wildman–Crippen MR) is 206 cm³/mol. The fraction of sp³-hybridized carbons (Fsp3) is 0.857. The maximum Gasteiger partial charge on any atom is 0.306 e. The molecular weight excluding hydrogens is 664 g/mol. The van der Waals surface area contributed by atoms with E-state index in [-0.39, 0.29) is 32.0 Å². The number of hydrogen-bond donors (Lipinski definition) is 4. The van der Waals surface area contributed by atoms with Crippen LogP contribution in [-0.4, -0.2) is 89.0 Å². The lowest BCUT2D eigenvalue weighted by atomic mass is 9.99. The summed E-state index contributed by atoms with van der Waals surface area (Å²) in [5, 5.41) is 40.0. The van der Waals surface area contributed by atoms with E-state index in [1.54, 1.807) is 0 Å². The van der Waals surface area contributed by atoms with Gasteiger partial charge in [-0.05, 0) is 57.8 Å². The Morgan fingerprint density at radius 3 is 1.56 bits per heavy atom. The summed E-state index contributed by atoms with van der Waals surface area (Å²) in [6.45, 7) is 3.35. The molecule has 10 nitrogen and oxygen atoms in total. The van der Waals surface area contributed by atoms with Gasteiger partial charge in [0.25, 0.3) is 0 Å². The number of carbonyl (C=O) groups is 2. The van der Waals surface area contributed by atoms with E-state index in [1.807, 2.05) is 0 Å². The molecule has 1 aliphatic heterocycles. The third-order valence-electron chi connectivity index (χ3n) is 9.56. The van der Waals surface area contributed by atoms with Crippen molar-refractivity contribution in [2.24, 2.45) is 0 Å². The van der Waals surface area contributed by atoms with Crippen LogP contribution in [0.25, 0.3) is 0 Å². The molecule has 304 valence electrons. The maximum absolute atomic E-state index is 12.7. The lowest BCUT2D eigenvalue weighted by Gasteiger charge is -2.39. The molecular formula is C42H76O10. The van der Waals surface area contributed by atoms with Gasteiger partial charge >= 0.3 is 11.9 Å². The number of unbranched alkanes of at least 4 members (excludes halogenated alkanes) is 19. The van der Waals surface area contributed by atoms with Crippen molar-refractivity contribution < 1.29 is 49.0 Å². The second-order valence-electron chi connectivity index (χ2n) is 14.4. The van der Waals surface area contributed by atoms with Crippen LogP contribution in [-0.2, 0) is 28.5 Å². The van der Waals surface area contributed by atoms with Gasteiger partial charge in [0.05, 0.1) is 13.2 Å². The van der Waals surface area contributed by atoms with Crippen LogP contribution in [0.1, 0.15) is 174 Å². The topological polar surface area (TPSA) is 152 Å². The predicted octanol–water partition coefficient (Wildman–Crippen LogP) is 8.16. The van der Waals surface area contributed by atoms with Gasteiger partial charge in [0.1, 0.15) is 31.0 Å². The summed E-state index contributed by atoms with van der Waals surface area (Å²) in [5.74, 6) is -0.818. The minimum atomic E-state index is -1.59. The molecule has 2 unspecified atom stereocenters. The molecule has 0 spiro atoms. The fourth-order valence-corrected chi connectivity index (χ4v) is 6.16. The molecule has 1 fully saturated rings. The molecule has 52 heavy (non-hydrogen) atoms. The highest BCUT2D eigenvalue weighted by Crippen LogP contribution is 2.22. The number of rotatable bonds is 34. The van der Waals surface area contributed by atoms with Crippen molar-refractivity contribution >= 4 is 11.9 Å². The Balaban J connectivity index is 2.36. The van der Waals surface area contributed by atoms with Crippen LogP contribution in [0, 0.1) is 0 Å². The molecule has 0 aromatic heterocycles. The van der Waals surface area contributed by atoms with Gasteiger partial charge in [-0.25, -0.2) is 0 Å². The zero-order valence-electron chi connectivity index (χ0n) is 32.8. The van der Waals surface area contributed by atoms with E-state index in [2.05, 4.69) is 38.2 Å². The van der Waals surface area contributed by atoms with Gasteiger partial charge < -0.3 is 39.4 Å². The average molecular weight is 741 g/mol. The van der Waals surface area contributed by atoms with Gasteiger partial charge in [0.15, 0.2) is 12.4 Å². The average Bonchev–Trinajstić information content (AvgIpc) is 3.14. The molecule has 1 aliphatic rings. The molecule has 0 amide bonds. The standard InChI is InChI=1S/C42H76O10/c1-3-5-7-9-11-13-15-17-18-19-21-23-25-27-29-31-38(45)51-35(34-50-42-41(48)40(47)39(46)36(32-43)52-42)33-49-37(44)30-28-26-24-22-20-16-14-12-10-8-6-4-2/h9,11-12,14,35-36,39-43,46-48H,3-8,10,13,15-34H2,1-2H3/b11-9+,14-12+/t35-,36-,39+,40?,41?,42-/m1/s1. The molecule has 10 heteroatoms. The summed E-state index contributed by atoms with van der Waals surface area (Å²) in [6.07, 6.45) is 27.5. The zero-order chi connectivity index (χ0) is 38.1. The van der Waals surface area contributed by atoms with Crippen molar-refractivity contribution in [3.63, 3.8) is 0 Å². The van der Waals surface area contributed by atoms with E-state index in [1.165, 1.54) is 77.0 Å². The molecule has 6 atom stereocenters. The Labute approximate surface area is 315 Å². The number of aliphatic hydroxyl groups excluding tert-OH is 4. The summed E-state index contributed by atoms with van der Waals surface area (Å²) in [7, 11) is 0. The Morgan fingerprint density at radius 2 is 1.04 bits per heavy atom. The summed E-state index contributed by atoms with van der Waals surface area (Å²) < 4.78 is 22.1. The molecule has 4 N–H and O–H groups in total. The van der Waals surface area contributed by atoms with E-state index < -0.39 is 49.4 Å². The number of esters is 2. The molecule has 0 bridgehead atoms. The van der Waals surface area contributed by atoms with Crippen molar-refractivity contribution in [2.45, 2.75) is 211 Å². The smallest absolute Gasteiger partial charge is 0.306 e. The van der Waals surface area contributed by atoms with Gasteiger partial charge in [0, 0.05) is 12.8 Å². The largest absolute Gasteiger partial charge is 0.462 e. The first kappa shape index (κ1) is 48.2. The maximum atomic E-state index is 12.7. The minimum absolute atomic E-state index is 0.221. The number of aliphatic hydroxyl groups is 4. The molecule has 1 rings (SSSR count). The first-order chi connectivity index (χ1) is 25.3. The highest BCUT2D eigenvalue weighted by Gasteiger charge is 2.44. The van der Waals surface area contributed by atoms with Crippen molar-refractivity contribution in [2.75, 3.05) is 19.8 Å². The van der Waals surface area contributed by atoms with Gasteiger partial charge in [-0.15, -0.1) is 0 Å². The van der Waals surface area contributed by atoms with Crippen molar-refractivity contribution in [3.8, 4) is 0 Å². The van der Waals surface area contributed by atoms with Gasteiger partial charge in [-0.2, -0.15) is 0 Å². The molecule has 0 aromatic carbocycles. The van der Waals surface area contributed by atoms with E-state index in [0.717, 1.165) is 57.8 Å². The Bertz CT molecular complexity index is 907. The monoisotopic (exact) mass is 741 g/mol. The molecule has 1 heterocycles. The second-order valence-corrected chi connectivity index (χ2v) is 14.4. The number of allylic oxidation sites excluding steroid dienone is 4. The third kappa shape index (κ3) is 25.2. The van der Waals surface area contributed by atoms with Crippen LogP contribution in [0.15, 0.2) is 24.3 Å². The van der Waals surface area contributed by atoms with Crippen LogP contribution >= 0.6 is 0 Å². The Kier molecular flexibility index (Phi) is 31.3. The van der Waals surface area contributed by atoms with Crippen LogP contribution in [0.4, 0.5) is 0 Å². The number of hydrogen-bond acceptors (Lipinski definition) is 10. The summed E-state index contributed by atoms with van der Waals surface area (Å²) in [4.78, 5) is 25.2. The van der Waals surface area contributed by atoms with Gasteiger partial charge in [-0.1, -0.05) is 128 Å². The summed E-state index contributed by atoms with van der Waals surface area (Å²) >= 11 is 0. The van der Waals surface area contributed by atoms with E-state index in [0.29, 0.717) is 12.8 Å².